The van der Waals surface area contributed by atoms with Gasteiger partial charge in [-0.1, -0.05) is 6.07 Å². The van der Waals surface area contributed by atoms with Gasteiger partial charge in [-0.3, -0.25) is 9.59 Å². The second kappa shape index (κ2) is 5.81. The fraction of sp³-hybridized carbons (Fsp3) is 0.467. The van der Waals surface area contributed by atoms with Gasteiger partial charge in [0, 0.05) is 31.7 Å². The Morgan fingerprint density at radius 3 is 2.24 bits per heavy atom. The molecule has 5 nitrogen and oxygen atoms in total. The van der Waals surface area contributed by atoms with Crippen molar-refractivity contribution in [3.8, 4) is 0 Å². The first-order chi connectivity index (χ1) is 9.79. The highest BCUT2D eigenvalue weighted by Crippen LogP contribution is 2.12. The van der Waals surface area contributed by atoms with Crippen molar-refractivity contribution in [1.29, 1.82) is 0 Å². The van der Waals surface area contributed by atoms with E-state index in [0.717, 1.165) is 0 Å². The highest BCUT2D eigenvalue weighted by atomic mass is 19.1. The maximum Gasteiger partial charge on any atom is 0.254 e. The Morgan fingerprint density at radius 1 is 1.14 bits per heavy atom. The van der Waals surface area contributed by atoms with Gasteiger partial charge >= 0.3 is 0 Å². The summed E-state index contributed by atoms with van der Waals surface area (Å²) in [5.41, 5.74) is 5.22. The summed E-state index contributed by atoms with van der Waals surface area (Å²) in [6.07, 6.45) is 0. The van der Waals surface area contributed by atoms with Crippen LogP contribution in [0, 0.1) is 5.82 Å². The number of amides is 2. The van der Waals surface area contributed by atoms with Crippen LogP contribution in [-0.2, 0) is 4.79 Å². The topological polar surface area (TPSA) is 66.6 Å². The zero-order valence-electron chi connectivity index (χ0n) is 12.3. The number of carbonyl (C=O) groups excluding carboxylic acids is 2. The minimum absolute atomic E-state index is 0.125. The van der Waals surface area contributed by atoms with Gasteiger partial charge in [-0.05, 0) is 32.0 Å². The normalized spacial score (nSPS) is 16.0. The molecule has 0 spiro atoms. The van der Waals surface area contributed by atoms with Gasteiger partial charge in [-0.2, -0.15) is 0 Å². The van der Waals surface area contributed by atoms with E-state index < -0.39 is 11.4 Å². The number of halogens is 1. The van der Waals surface area contributed by atoms with Gasteiger partial charge in [0.15, 0.2) is 0 Å². The molecule has 0 saturated carbocycles. The first-order valence-corrected chi connectivity index (χ1v) is 6.92. The summed E-state index contributed by atoms with van der Waals surface area (Å²) in [4.78, 5) is 27.6. The lowest BCUT2D eigenvalue weighted by Crippen LogP contribution is -2.57. The Morgan fingerprint density at radius 2 is 1.71 bits per heavy atom. The molecule has 1 fully saturated rings. The summed E-state index contributed by atoms with van der Waals surface area (Å²) in [6.45, 7) is 5.08. The molecule has 0 radical (unpaired) electrons. The molecular weight excluding hydrogens is 273 g/mol. The summed E-state index contributed by atoms with van der Waals surface area (Å²) in [7, 11) is 0. The van der Waals surface area contributed by atoms with E-state index in [1.54, 1.807) is 29.7 Å². The van der Waals surface area contributed by atoms with Crippen LogP contribution in [0.1, 0.15) is 24.2 Å². The molecule has 1 aliphatic heterocycles. The monoisotopic (exact) mass is 293 g/mol. The summed E-state index contributed by atoms with van der Waals surface area (Å²) < 4.78 is 13.2. The van der Waals surface area contributed by atoms with E-state index in [0.29, 0.717) is 31.7 Å². The van der Waals surface area contributed by atoms with Crippen molar-refractivity contribution in [2.75, 3.05) is 26.2 Å². The quantitative estimate of drug-likeness (QED) is 0.879. The number of benzene rings is 1. The lowest BCUT2D eigenvalue weighted by molar-refractivity contribution is -0.137. The number of hydrogen-bond acceptors (Lipinski definition) is 3. The molecule has 1 heterocycles. The van der Waals surface area contributed by atoms with Crippen molar-refractivity contribution in [3.05, 3.63) is 35.6 Å². The van der Waals surface area contributed by atoms with Crippen molar-refractivity contribution in [2.45, 2.75) is 19.4 Å². The lowest BCUT2D eigenvalue weighted by Gasteiger charge is -2.37. The molecule has 0 aliphatic carbocycles. The molecule has 2 amide bonds. The lowest BCUT2D eigenvalue weighted by atomic mass is 10.0. The molecule has 2 rings (SSSR count). The second-order valence-electron chi connectivity index (χ2n) is 5.82. The standard InChI is InChI=1S/C15H20FN3O2/c1-15(2,17)14(21)19-8-6-18(7-9-19)13(20)11-4-3-5-12(16)10-11/h3-5,10H,6-9,17H2,1-2H3. The van der Waals surface area contributed by atoms with Crippen LogP contribution in [0.3, 0.4) is 0 Å². The molecule has 6 heteroatoms. The van der Waals surface area contributed by atoms with Crippen LogP contribution in [0.4, 0.5) is 4.39 Å². The van der Waals surface area contributed by atoms with Crippen LogP contribution in [0.25, 0.3) is 0 Å². The van der Waals surface area contributed by atoms with Gasteiger partial charge in [0.25, 0.3) is 5.91 Å². The van der Waals surface area contributed by atoms with E-state index >= 15 is 0 Å². The van der Waals surface area contributed by atoms with E-state index in [4.69, 9.17) is 5.73 Å². The summed E-state index contributed by atoms with van der Waals surface area (Å²) in [5.74, 6) is -0.770. The van der Waals surface area contributed by atoms with Crippen LogP contribution < -0.4 is 5.73 Å². The van der Waals surface area contributed by atoms with Gasteiger partial charge in [-0.25, -0.2) is 4.39 Å². The van der Waals surface area contributed by atoms with Crippen molar-refractivity contribution in [3.63, 3.8) is 0 Å². The van der Waals surface area contributed by atoms with E-state index in [9.17, 15) is 14.0 Å². The van der Waals surface area contributed by atoms with E-state index in [1.165, 1.54) is 18.2 Å². The smallest absolute Gasteiger partial charge is 0.254 e. The second-order valence-corrected chi connectivity index (χ2v) is 5.82. The van der Waals surface area contributed by atoms with Crippen LogP contribution in [0.15, 0.2) is 24.3 Å². The third-order valence-corrected chi connectivity index (χ3v) is 3.48. The molecular formula is C15H20FN3O2. The number of piperazine rings is 1. The average molecular weight is 293 g/mol. The molecule has 1 aliphatic rings. The molecule has 2 N–H and O–H groups in total. The predicted octanol–water partition coefficient (Wildman–Crippen LogP) is 0.847. The number of hydrogen-bond donors (Lipinski definition) is 1. The molecule has 114 valence electrons. The zero-order chi connectivity index (χ0) is 15.6. The van der Waals surface area contributed by atoms with Gasteiger partial charge in [-0.15, -0.1) is 0 Å². The SMILES string of the molecule is CC(C)(N)C(=O)N1CCN(C(=O)c2cccc(F)c2)CC1. The molecule has 1 aromatic carbocycles. The Bertz CT molecular complexity index is 546. The highest BCUT2D eigenvalue weighted by molar-refractivity contribution is 5.94. The Labute approximate surface area is 123 Å². The molecule has 1 aromatic rings. The first-order valence-electron chi connectivity index (χ1n) is 6.92. The predicted molar refractivity (Wildman–Crippen MR) is 77.1 cm³/mol. The number of rotatable bonds is 2. The highest BCUT2D eigenvalue weighted by Gasteiger charge is 2.31. The number of nitrogens with two attached hydrogens (primary N) is 1. The van der Waals surface area contributed by atoms with Crippen molar-refractivity contribution in [1.82, 2.24) is 9.80 Å². The third-order valence-electron chi connectivity index (χ3n) is 3.48. The Kier molecular flexibility index (Phi) is 4.27. The molecule has 1 saturated heterocycles. The van der Waals surface area contributed by atoms with E-state index in [-0.39, 0.29) is 11.8 Å². The Balaban J connectivity index is 1.98. The van der Waals surface area contributed by atoms with Crippen molar-refractivity contribution < 1.29 is 14.0 Å². The minimum Gasteiger partial charge on any atom is -0.338 e. The van der Waals surface area contributed by atoms with Crippen molar-refractivity contribution >= 4 is 11.8 Å². The van der Waals surface area contributed by atoms with Gasteiger partial charge in [0.2, 0.25) is 5.91 Å². The van der Waals surface area contributed by atoms with Crippen LogP contribution in [0.5, 0.6) is 0 Å². The van der Waals surface area contributed by atoms with E-state index in [2.05, 4.69) is 0 Å². The first kappa shape index (κ1) is 15.4. The molecule has 0 aromatic heterocycles. The number of nitrogens with zero attached hydrogens (tertiary/aromatic N) is 2. The van der Waals surface area contributed by atoms with Crippen LogP contribution in [-0.4, -0.2) is 53.3 Å². The minimum atomic E-state index is -0.908. The van der Waals surface area contributed by atoms with Crippen molar-refractivity contribution in [2.24, 2.45) is 5.73 Å². The van der Waals surface area contributed by atoms with Gasteiger partial charge in [0.1, 0.15) is 5.82 Å². The maximum absolute atomic E-state index is 13.2. The molecule has 21 heavy (non-hydrogen) atoms. The van der Waals surface area contributed by atoms with E-state index in [1.807, 2.05) is 0 Å². The van der Waals surface area contributed by atoms with Gasteiger partial charge in [0.05, 0.1) is 5.54 Å². The molecule has 0 unspecified atom stereocenters. The number of carbonyl (C=O) groups is 2. The molecule has 0 atom stereocenters. The largest absolute Gasteiger partial charge is 0.338 e. The summed E-state index contributed by atoms with van der Waals surface area (Å²) in [5, 5.41) is 0. The Hall–Kier alpha value is -1.95. The summed E-state index contributed by atoms with van der Waals surface area (Å²) >= 11 is 0. The third kappa shape index (κ3) is 3.58. The maximum atomic E-state index is 13.2. The zero-order valence-corrected chi connectivity index (χ0v) is 12.3. The summed E-state index contributed by atoms with van der Waals surface area (Å²) in [6, 6.07) is 5.63. The van der Waals surface area contributed by atoms with Gasteiger partial charge < -0.3 is 15.5 Å². The molecule has 0 bridgehead atoms. The van der Waals surface area contributed by atoms with Crippen LogP contribution in [0.2, 0.25) is 0 Å². The fourth-order valence-electron chi connectivity index (χ4n) is 2.32. The average Bonchev–Trinajstić information content (AvgIpc) is 2.45. The van der Waals surface area contributed by atoms with Crippen LogP contribution >= 0.6 is 0 Å². The fourth-order valence-corrected chi connectivity index (χ4v) is 2.32.